The molecule has 0 amide bonds. The average Bonchev–Trinajstić information content (AvgIpc) is 2.51. The van der Waals surface area contributed by atoms with Crippen molar-refractivity contribution in [3.8, 4) is 5.88 Å². The maximum Gasteiger partial charge on any atom is 0.218 e. The zero-order chi connectivity index (χ0) is 15.1. The minimum atomic E-state index is 0.618. The molecule has 2 rings (SSSR count). The number of nitrogens with two attached hydrogens (primary N) is 1. The van der Waals surface area contributed by atoms with Gasteiger partial charge in [-0.15, -0.1) is 0 Å². The van der Waals surface area contributed by atoms with Crippen molar-refractivity contribution in [3.63, 3.8) is 0 Å². The molecule has 0 fully saturated rings. The predicted octanol–water partition coefficient (Wildman–Crippen LogP) is 2.87. The number of rotatable bonds is 7. The van der Waals surface area contributed by atoms with Gasteiger partial charge in [0.2, 0.25) is 5.88 Å². The predicted molar refractivity (Wildman–Crippen MR) is 85.4 cm³/mol. The van der Waals surface area contributed by atoms with Crippen molar-refractivity contribution >= 4 is 11.5 Å². The van der Waals surface area contributed by atoms with Gasteiger partial charge in [0.25, 0.3) is 0 Å². The van der Waals surface area contributed by atoms with E-state index in [1.165, 1.54) is 0 Å². The fourth-order valence-corrected chi connectivity index (χ4v) is 2.06. The van der Waals surface area contributed by atoms with Gasteiger partial charge in [-0.1, -0.05) is 19.1 Å². The SMILES string of the molecule is CCCOc1cc(N(CC)Cc2cccc(N)c2)ncn1. The fourth-order valence-electron chi connectivity index (χ4n) is 2.06. The van der Waals surface area contributed by atoms with Gasteiger partial charge < -0.3 is 15.4 Å². The van der Waals surface area contributed by atoms with Crippen LogP contribution in [0, 0.1) is 0 Å². The van der Waals surface area contributed by atoms with E-state index in [0.29, 0.717) is 12.5 Å². The highest BCUT2D eigenvalue weighted by Crippen LogP contribution is 2.19. The number of benzene rings is 1. The van der Waals surface area contributed by atoms with Gasteiger partial charge in [-0.2, -0.15) is 0 Å². The zero-order valence-electron chi connectivity index (χ0n) is 12.6. The molecule has 0 spiro atoms. The average molecular weight is 286 g/mol. The molecule has 1 heterocycles. The molecule has 0 aliphatic rings. The molecule has 1 aromatic heterocycles. The molecule has 5 heteroatoms. The maximum atomic E-state index is 5.83. The van der Waals surface area contributed by atoms with E-state index in [1.54, 1.807) is 6.33 Å². The first-order chi connectivity index (χ1) is 10.2. The minimum Gasteiger partial charge on any atom is -0.478 e. The quantitative estimate of drug-likeness (QED) is 0.793. The van der Waals surface area contributed by atoms with E-state index in [1.807, 2.05) is 24.3 Å². The van der Waals surface area contributed by atoms with E-state index < -0.39 is 0 Å². The second-order valence-corrected chi connectivity index (χ2v) is 4.82. The van der Waals surface area contributed by atoms with Crippen LogP contribution in [0.1, 0.15) is 25.8 Å². The van der Waals surface area contributed by atoms with E-state index in [0.717, 1.165) is 36.6 Å². The van der Waals surface area contributed by atoms with Crippen LogP contribution in [-0.2, 0) is 6.54 Å². The molecular formula is C16H22N4O. The first-order valence-electron chi connectivity index (χ1n) is 7.27. The van der Waals surface area contributed by atoms with Crippen LogP contribution in [0.3, 0.4) is 0 Å². The van der Waals surface area contributed by atoms with Crippen LogP contribution in [0.4, 0.5) is 11.5 Å². The molecule has 0 bridgehead atoms. The number of nitrogens with zero attached hydrogens (tertiary/aromatic N) is 3. The molecule has 1 aromatic carbocycles. The van der Waals surface area contributed by atoms with Gasteiger partial charge in [-0.25, -0.2) is 9.97 Å². The summed E-state index contributed by atoms with van der Waals surface area (Å²) < 4.78 is 5.56. The molecular weight excluding hydrogens is 264 g/mol. The minimum absolute atomic E-state index is 0.618. The first kappa shape index (κ1) is 15.1. The van der Waals surface area contributed by atoms with E-state index in [4.69, 9.17) is 10.5 Å². The monoisotopic (exact) mass is 286 g/mol. The van der Waals surface area contributed by atoms with Crippen LogP contribution in [0.25, 0.3) is 0 Å². The zero-order valence-corrected chi connectivity index (χ0v) is 12.6. The lowest BCUT2D eigenvalue weighted by atomic mass is 10.2. The molecule has 0 aliphatic carbocycles. The molecule has 0 saturated carbocycles. The van der Waals surface area contributed by atoms with Crippen LogP contribution in [-0.4, -0.2) is 23.1 Å². The first-order valence-corrected chi connectivity index (χ1v) is 7.27. The Morgan fingerprint density at radius 3 is 2.76 bits per heavy atom. The third-order valence-corrected chi connectivity index (χ3v) is 3.11. The van der Waals surface area contributed by atoms with Crippen LogP contribution in [0.2, 0.25) is 0 Å². The Labute approximate surface area is 125 Å². The highest BCUT2D eigenvalue weighted by molar-refractivity contribution is 5.45. The molecule has 112 valence electrons. The molecule has 0 saturated heterocycles. The van der Waals surface area contributed by atoms with Crippen molar-refractivity contribution in [2.45, 2.75) is 26.8 Å². The summed E-state index contributed by atoms with van der Waals surface area (Å²) in [5.41, 5.74) is 7.76. The molecule has 0 atom stereocenters. The van der Waals surface area contributed by atoms with E-state index in [-0.39, 0.29) is 0 Å². The Hall–Kier alpha value is -2.30. The molecule has 21 heavy (non-hydrogen) atoms. The molecule has 0 radical (unpaired) electrons. The summed E-state index contributed by atoms with van der Waals surface area (Å²) in [6.07, 6.45) is 2.50. The lowest BCUT2D eigenvalue weighted by Gasteiger charge is -2.22. The lowest BCUT2D eigenvalue weighted by molar-refractivity contribution is 0.304. The van der Waals surface area contributed by atoms with Gasteiger partial charge >= 0.3 is 0 Å². The number of hydrogen-bond donors (Lipinski definition) is 1. The summed E-state index contributed by atoms with van der Waals surface area (Å²) >= 11 is 0. The van der Waals surface area contributed by atoms with Crippen molar-refractivity contribution in [3.05, 3.63) is 42.2 Å². The van der Waals surface area contributed by atoms with E-state index in [9.17, 15) is 0 Å². The van der Waals surface area contributed by atoms with Crippen molar-refractivity contribution in [1.82, 2.24) is 9.97 Å². The van der Waals surface area contributed by atoms with Crippen molar-refractivity contribution in [1.29, 1.82) is 0 Å². The summed E-state index contributed by atoms with van der Waals surface area (Å²) in [6.45, 7) is 6.43. The van der Waals surface area contributed by atoms with Gasteiger partial charge in [-0.05, 0) is 31.0 Å². The second kappa shape index (κ2) is 7.47. The summed E-state index contributed by atoms with van der Waals surface area (Å²) in [4.78, 5) is 10.6. The van der Waals surface area contributed by atoms with Crippen LogP contribution in [0.15, 0.2) is 36.7 Å². The summed E-state index contributed by atoms with van der Waals surface area (Å²) in [7, 11) is 0. The van der Waals surface area contributed by atoms with E-state index in [2.05, 4.69) is 34.8 Å². The highest BCUT2D eigenvalue weighted by Gasteiger charge is 2.09. The van der Waals surface area contributed by atoms with Gasteiger partial charge in [0.05, 0.1) is 6.61 Å². The highest BCUT2D eigenvalue weighted by atomic mass is 16.5. The van der Waals surface area contributed by atoms with Gasteiger partial charge in [-0.3, -0.25) is 0 Å². The Balaban J connectivity index is 2.13. The standard InChI is InChI=1S/C16H22N4O/c1-3-8-21-16-10-15(18-12-19-16)20(4-2)11-13-6-5-7-14(17)9-13/h5-7,9-10,12H,3-4,8,11,17H2,1-2H3. The summed E-state index contributed by atoms with van der Waals surface area (Å²) in [5, 5.41) is 0. The Morgan fingerprint density at radius 2 is 2.05 bits per heavy atom. The van der Waals surface area contributed by atoms with E-state index >= 15 is 0 Å². The van der Waals surface area contributed by atoms with Gasteiger partial charge in [0, 0.05) is 24.8 Å². The fraction of sp³-hybridized carbons (Fsp3) is 0.375. The van der Waals surface area contributed by atoms with Crippen molar-refractivity contribution in [2.75, 3.05) is 23.8 Å². The molecule has 0 unspecified atom stereocenters. The lowest BCUT2D eigenvalue weighted by Crippen LogP contribution is -2.23. The maximum absolute atomic E-state index is 5.83. The third-order valence-electron chi connectivity index (χ3n) is 3.11. The number of aromatic nitrogens is 2. The number of nitrogen functional groups attached to an aromatic ring is 1. The van der Waals surface area contributed by atoms with Crippen molar-refractivity contribution in [2.24, 2.45) is 0 Å². The largest absolute Gasteiger partial charge is 0.478 e. The number of hydrogen-bond acceptors (Lipinski definition) is 5. The molecule has 2 N–H and O–H groups in total. The van der Waals surface area contributed by atoms with Gasteiger partial charge in [0.15, 0.2) is 0 Å². The second-order valence-electron chi connectivity index (χ2n) is 4.82. The molecule has 5 nitrogen and oxygen atoms in total. The summed E-state index contributed by atoms with van der Waals surface area (Å²) in [6, 6.07) is 9.79. The van der Waals surface area contributed by atoms with Gasteiger partial charge in [0.1, 0.15) is 12.1 Å². The van der Waals surface area contributed by atoms with Crippen LogP contribution >= 0.6 is 0 Å². The third kappa shape index (κ3) is 4.34. The summed E-state index contributed by atoms with van der Waals surface area (Å²) in [5.74, 6) is 1.48. The van der Waals surface area contributed by atoms with Crippen LogP contribution in [0.5, 0.6) is 5.88 Å². The van der Waals surface area contributed by atoms with Crippen molar-refractivity contribution < 1.29 is 4.74 Å². The smallest absolute Gasteiger partial charge is 0.218 e. The Morgan fingerprint density at radius 1 is 1.19 bits per heavy atom. The molecule has 0 aliphatic heterocycles. The van der Waals surface area contributed by atoms with Crippen LogP contribution < -0.4 is 15.4 Å². The number of ether oxygens (including phenoxy) is 1. The Kier molecular flexibility index (Phi) is 5.37. The normalized spacial score (nSPS) is 10.4. The Bertz CT molecular complexity index is 574. The number of anilines is 2. The topological polar surface area (TPSA) is 64.3 Å². The molecule has 2 aromatic rings.